The maximum atomic E-state index is 5.37. The second-order valence-corrected chi connectivity index (χ2v) is 6.18. The van der Waals surface area contributed by atoms with E-state index in [4.69, 9.17) is 4.74 Å². The first-order chi connectivity index (χ1) is 9.69. The van der Waals surface area contributed by atoms with E-state index in [2.05, 4.69) is 44.4 Å². The summed E-state index contributed by atoms with van der Waals surface area (Å²) in [5.74, 6) is 2.72. The molecule has 1 atom stereocenters. The molecular formula is C18H29NO. The molecule has 20 heavy (non-hydrogen) atoms. The van der Waals surface area contributed by atoms with Gasteiger partial charge in [0.05, 0.1) is 7.11 Å². The zero-order chi connectivity index (χ0) is 14.5. The van der Waals surface area contributed by atoms with E-state index in [1.54, 1.807) is 7.11 Å². The molecule has 0 radical (unpaired) electrons. The number of rotatable bonds is 5. The fourth-order valence-electron chi connectivity index (χ4n) is 3.70. The minimum Gasteiger partial charge on any atom is -0.496 e. The van der Waals surface area contributed by atoms with Crippen LogP contribution in [0, 0.1) is 18.8 Å². The Bertz CT molecular complexity index is 421. The van der Waals surface area contributed by atoms with Gasteiger partial charge in [0.1, 0.15) is 5.75 Å². The van der Waals surface area contributed by atoms with Crippen molar-refractivity contribution in [2.45, 2.75) is 52.0 Å². The number of ether oxygens (including phenoxy) is 1. The first kappa shape index (κ1) is 15.4. The lowest BCUT2D eigenvalue weighted by Crippen LogP contribution is -2.28. The van der Waals surface area contributed by atoms with Gasteiger partial charge in [-0.25, -0.2) is 0 Å². The van der Waals surface area contributed by atoms with Crippen molar-refractivity contribution in [3.63, 3.8) is 0 Å². The Morgan fingerprint density at radius 1 is 1.25 bits per heavy atom. The van der Waals surface area contributed by atoms with Crippen molar-refractivity contribution in [3.8, 4) is 5.75 Å². The number of hydrogen-bond acceptors (Lipinski definition) is 2. The lowest BCUT2D eigenvalue weighted by Gasteiger charge is -2.34. The Kier molecular flexibility index (Phi) is 5.47. The second-order valence-electron chi connectivity index (χ2n) is 6.18. The van der Waals surface area contributed by atoms with Crippen molar-refractivity contribution in [1.29, 1.82) is 0 Å². The van der Waals surface area contributed by atoms with Crippen molar-refractivity contribution in [2.75, 3.05) is 14.2 Å². The van der Waals surface area contributed by atoms with Gasteiger partial charge in [-0.3, -0.25) is 0 Å². The van der Waals surface area contributed by atoms with E-state index in [0.29, 0.717) is 6.04 Å². The Morgan fingerprint density at radius 2 is 1.95 bits per heavy atom. The second kappa shape index (κ2) is 7.12. The van der Waals surface area contributed by atoms with Crippen molar-refractivity contribution in [3.05, 3.63) is 29.3 Å². The number of methoxy groups -OCH3 is 1. The van der Waals surface area contributed by atoms with Gasteiger partial charge in [0.15, 0.2) is 0 Å². The minimum atomic E-state index is 0.484. The molecule has 1 aliphatic rings. The lowest BCUT2D eigenvalue weighted by atomic mass is 9.76. The molecule has 1 aliphatic carbocycles. The highest BCUT2D eigenvalue weighted by atomic mass is 16.5. The summed E-state index contributed by atoms with van der Waals surface area (Å²) in [5.41, 5.74) is 2.64. The average Bonchev–Trinajstić information content (AvgIpc) is 2.49. The number of nitrogens with one attached hydrogen (secondary N) is 1. The van der Waals surface area contributed by atoms with Crippen molar-refractivity contribution in [1.82, 2.24) is 5.32 Å². The van der Waals surface area contributed by atoms with Gasteiger partial charge in [-0.2, -0.15) is 0 Å². The highest BCUT2D eigenvalue weighted by Crippen LogP contribution is 2.38. The van der Waals surface area contributed by atoms with Crippen molar-refractivity contribution < 1.29 is 4.74 Å². The van der Waals surface area contributed by atoms with E-state index < -0.39 is 0 Å². The lowest BCUT2D eigenvalue weighted by molar-refractivity contribution is 0.224. The molecule has 0 bridgehead atoms. The van der Waals surface area contributed by atoms with E-state index in [1.807, 2.05) is 0 Å². The smallest absolute Gasteiger partial charge is 0.121 e. The van der Waals surface area contributed by atoms with Gasteiger partial charge >= 0.3 is 0 Å². The van der Waals surface area contributed by atoms with Gasteiger partial charge in [0.2, 0.25) is 0 Å². The van der Waals surface area contributed by atoms with Crippen molar-refractivity contribution >= 4 is 0 Å². The summed E-state index contributed by atoms with van der Waals surface area (Å²) < 4.78 is 5.37. The van der Waals surface area contributed by atoms with Gasteiger partial charge in [0.25, 0.3) is 0 Å². The number of benzene rings is 1. The third-order valence-corrected chi connectivity index (χ3v) is 5.03. The summed E-state index contributed by atoms with van der Waals surface area (Å²) in [5, 5.41) is 3.54. The molecule has 1 aromatic carbocycles. The number of aryl methyl sites for hydroxylation is 1. The molecule has 2 heteroatoms. The van der Waals surface area contributed by atoms with Crippen LogP contribution in [0.3, 0.4) is 0 Å². The van der Waals surface area contributed by atoms with Crippen LogP contribution in [-0.4, -0.2) is 14.2 Å². The fraction of sp³-hybridized carbons (Fsp3) is 0.667. The van der Waals surface area contributed by atoms with Crippen LogP contribution in [0.15, 0.2) is 18.2 Å². The van der Waals surface area contributed by atoms with Crippen LogP contribution in [0.25, 0.3) is 0 Å². The molecule has 112 valence electrons. The quantitative estimate of drug-likeness (QED) is 0.855. The molecule has 1 aromatic rings. The monoisotopic (exact) mass is 275 g/mol. The molecule has 2 rings (SSSR count). The first-order valence-electron chi connectivity index (χ1n) is 8.01. The van der Waals surface area contributed by atoms with Crippen molar-refractivity contribution in [2.24, 2.45) is 11.8 Å². The molecular weight excluding hydrogens is 246 g/mol. The zero-order valence-electron chi connectivity index (χ0n) is 13.4. The maximum absolute atomic E-state index is 5.37. The fourth-order valence-corrected chi connectivity index (χ4v) is 3.70. The number of hydrogen-bond donors (Lipinski definition) is 1. The van der Waals surface area contributed by atoms with E-state index in [1.165, 1.54) is 43.2 Å². The average molecular weight is 275 g/mol. The van der Waals surface area contributed by atoms with Crippen LogP contribution < -0.4 is 10.1 Å². The largest absolute Gasteiger partial charge is 0.496 e. The van der Waals surface area contributed by atoms with E-state index >= 15 is 0 Å². The third kappa shape index (κ3) is 3.35. The first-order valence-corrected chi connectivity index (χ1v) is 8.01. The summed E-state index contributed by atoms with van der Waals surface area (Å²) in [6.45, 7) is 4.45. The molecule has 1 unspecified atom stereocenters. The molecule has 0 saturated heterocycles. The van der Waals surface area contributed by atoms with Gasteiger partial charge < -0.3 is 10.1 Å². The summed E-state index contributed by atoms with van der Waals surface area (Å²) in [7, 11) is 3.83. The molecule has 1 fully saturated rings. The van der Waals surface area contributed by atoms with Crippen LogP contribution in [0.4, 0.5) is 0 Å². The van der Waals surface area contributed by atoms with Gasteiger partial charge in [-0.1, -0.05) is 38.3 Å². The van der Waals surface area contributed by atoms with Gasteiger partial charge in [0, 0.05) is 6.04 Å². The Morgan fingerprint density at radius 3 is 2.45 bits per heavy atom. The van der Waals surface area contributed by atoms with E-state index in [9.17, 15) is 0 Å². The molecule has 0 spiro atoms. The molecule has 0 amide bonds. The summed E-state index contributed by atoms with van der Waals surface area (Å²) in [6.07, 6.45) is 6.85. The molecule has 1 N–H and O–H groups in total. The topological polar surface area (TPSA) is 21.3 Å². The Labute approximate surface area is 123 Å². The van der Waals surface area contributed by atoms with Crippen LogP contribution in [0.5, 0.6) is 5.75 Å². The third-order valence-electron chi connectivity index (χ3n) is 5.03. The van der Waals surface area contributed by atoms with E-state index in [0.717, 1.165) is 17.6 Å². The Hall–Kier alpha value is -1.02. The highest BCUT2D eigenvalue weighted by Gasteiger charge is 2.27. The summed E-state index contributed by atoms with van der Waals surface area (Å²) >= 11 is 0. The van der Waals surface area contributed by atoms with Crippen LogP contribution in [0.2, 0.25) is 0 Å². The molecule has 0 heterocycles. The Balaban J connectivity index is 2.10. The molecule has 1 saturated carbocycles. The predicted octanol–water partition coefficient (Wildman–Crippen LogP) is 4.48. The molecule has 0 aromatic heterocycles. The standard InChI is InChI=1S/C18H29NO/c1-5-14-6-8-15(9-7-14)18(19-3)16-10-11-17(20-4)13(2)12-16/h10-12,14-15,18-19H,5-9H2,1-4H3. The van der Waals surface area contributed by atoms with Crippen LogP contribution in [-0.2, 0) is 0 Å². The minimum absolute atomic E-state index is 0.484. The molecule has 2 nitrogen and oxygen atoms in total. The summed E-state index contributed by atoms with van der Waals surface area (Å²) in [6, 6.07) is 7.09. The normalized spacial score (nSPS) is 24.4. The SMILES string of the molecule is CCC1CCC(C(NC)c2ccc(OC)c(C)c2)CC1. The van der Waals surface area contributed by atoms with Crippen LogP contribution >= 0.6 is 0 Å². The zero-order valence-corrected chi connectivity index (χ0v) is 13.4. The van der Waals surface area contributed by atoms with Gasteiger partial charge in [-0.15, -0.1) is 0 Å². The van der Waals surface area contributed by atoms with Gasteiger partial charge in [-0.05, 0) is 55.8 Å². The predicted molar refractivity (Wildman–Crippen MR) is 85.3 cm³/mol. The van der Waals surface area contributed by atoms with E-state index in [-0.39, 0.29) is 0 Å². The summed E-state index contributed by atoms with van der Waals surface area (Å²) in [4.78, 5) is 0. The maximum Gasteiger partial charge on any atom is 0.121 e. The van der Waals surface area contributed by atoms with Crippen LogP contribution in [0.1, 0.15) is 56.2 Å². The highest BCUT2D eigenvalue weighted by molar-refractivity contribution is 5.37. The molecule has 0 aliphatic heterocycles.